The molecule has 0 radical (unpaired) electrons. The molecule has 1 aliphatic rings. The van der Waals surface area contributed by atoms with Gasteiger partial charge in [-0.2, -0.15) is 0 Å². The molecule has 1 amide bonds. The molecule has 13 heavy (non-hydrogen) atoms. The zero-order valence-corrected chi connectivity index (χ0v) is 8.21. The van der Waals surface area contributed by atoms with Gasteiger partial charge in [-0.05, 0) is 18.4 Å². The Morgan fingerprint density at radius 2 is 2.46 bits per heavy atom. The van der Waals surface area contributed by atoms with Gasteiger partial charge >= 0.3 is 0 Å². The minimum atomic E-state index is -0.379. The average molecular weight is 202 g/mol. The summed E-state index contributed by atoms with van der Waals surface area (Å²) in [5.74, 6) is -0.379. The van der Waals surface area contributed by atoms with E-state index in [0.29, 0.717) is 5.06 Å². The highest BCUT2D eigenvalue weighted by molar-refractivity contribution is 6.30. The standard InChI is InChI=1S/C9H12ClNO2/c1-7(12)11(13)6-8-4-2-3-5-9(8)10/h2,4,13H,3,5-6H2,1H3. The molecular formula is C9H12ClNO2. The molecule has 0 unspecified atom stereocenters. The van der Waals surface area contributed by atoms with Gasteiger partial charge in [-0.25, -0.2) is 5.06 Å². The molecule has 1 N–H and O–H groups in total. The van der Waals surface area contributed by atoms with Gasteiger partial charge in [-0.3, -0.25) is 10.0 Å². The largest absolute Gasteiger partial charge is 0.286 e. The summed E-state index contributed by atoms with van der Waals surface area (Å²) in [6.45, 7) is 1.48. The van der Waals surface area contributed by atoms with Gasteiger partial charge < -0.3 is 0 Å². The van der Waals surface area contributed by atoms with Gasteiger partial charge in [0.2, 0.25) is 5.91 Å². The van der Waals surface area contributed by atoms with Crippen molar-refractivity contribution < 1.29 is 10.0 Å². The number of carbonyl (C=O) groups is 1. The summed E-state index contributed by atoms with van der Waals surface area (Å²) >= 11 is 5.91. The first kappa shape index (κ1) is 10.3. The van der Waals surface area contributed by atoms with E-state index in [4.69, 9.17) is 16.8 Å². The van der Waals surface area contributed by atoms with E-state index < -0.39 is 0 Å². The van der Waals surface area contributed by atoms with Crippen molar-refractivity contribution in [3.05, 3.63) is 22.8 Å². The van der Waals surface area contributed by atoms with Gasteiger partial charge in [-0.1, -0.05) is 23.8 Å². The molecule has 0 aromatic heterocycles. The normalized spacial score (nSPS) is 16.2. The second kappa shape index (κ2) is 4.44. The molecule has 1 aliphatic carbocycles. The number of hydrogen-bond donors (Lipinski definition) is 1. The smallest absolute Gasteiger partial charge is 0.243 e. The predicted octanol–water partition coefficient (Wildman–Crippen LogP) is 2.07. The Labute approximate surface area is 82.2 Å². The first-order chi connectivity index (χ1) is 6.11. The van der Waals surface area contributed by atoms with E-state index in [1.807, 2.05) is 12.2 Å². The first-order valence-corrected chi connectivity index (χ1v) is 4.50. The first-order valence-electron chi connectivity index (χ1n) is 4.12. The number of rotatable bonds is 2. The highest BCUT2D eigenvalue weighted by atomic mass is 35.5. The van der Waals surface area contributed by atoms with E-state index in [9.17, 15) is 4.79 Å². The Hall–Kier alpha value is -0.800. The molecule has 3 nitrogen and oxygen atoms in total. The Morgan fingerprint density at radius 1 is 1.77 bits per heavy atom. The Morgan fingerprint density at radius 3 is 3.00 bits per heavy atom. The van der Waals surface area contributed by atoms with Gasteiger partial charge in [-0.15, -0.1) is 0 Å². The fraction of sp³-hybridized carbons (Fsp3) is 0.444. The van der Waals surface area contributed by atoms with Gasteiger partial charge in [0.05, 0.1) is 6.54 Å². The van der Waals surface area contributed by atoms with Crippen molar-refractivity contribution in [1.82, 2.24) is 5.06 Å². The summed E-state index contributed by atoms with van der Waals surface area (Å²) in [5.41, 5.74) is 0.811. The fourth-order valence-corrected chi connectivity index (χ4v) is 1.33. The number of amides is 1. The highest BCUT2D eigenvalue weighted by Gasteiger charge is 2.11. The Bertz CT molecular complexity index is 271. The fourth-order valence-electron chi connectivity index (χ4n) is 1.10. The average Bonchev–Trinajstić information content (AvgIpc) is 2.08. The van der Waals surface area contributed by atoms with E-state index in [2.05, 4.69) is 0 Å². The van der Waals surface area contributed by atoms with Crippen LogP contribution in [-0.2, 0) is 4.79 Å². The zero-order chi connectivity index (χ0) is 9.84. The van der Waals surface area contributed by atoms with Crippen LogP contribution in [0.4, 0.5) is 0 Å². The number of nitrogens with zero attached hydrogens (tertiary/aromatic N) is 1. The molecule has 1 rings (SSSR count). The predicted molar refractivity (Wildman–Crippen MR) is 50.4 cm³/mol. The molecule has 0 heterocycles. The van der Waals surface area contributed by atoms with E-state index in [0.717, 1.165) is 23.4 Å². The number of hydroxylamine groups is 2. The second-order valence-electron chi connectivity index (χ2n) is 2.95. The molecule has 0 spiro atoms. The van der Waals surface area contributed by atoms with Crippen molar-refractivity contribution in [1.29, 1.82) is 0 Å². The van der Waals surface area contributed by atoms with Crippen LogP contribution >= 0.6 is 11.6 Å². The highest BCUT2D eigenvalue weighted by Crippen LogP contribution is 2.22. The Kier molecular flexibility index (Phi) is 3.51. The minimum absolute atomic E-state index is 0.171. The third-order valence-corrected chi connectivity index (χ3v) is 2.31. The van der Waals surface area contributed by atoms with Crippen LogP contribution in [0.2, 0.25) is 0 Å². The van der Waals surface area contributed by atoms with E-state index in [1.54, 1.807) is 0 Å². The van der Waals surface area contributed by atoms with E-state index in [-0.39, 0.29) is 12.5 Å². The van der Waals surface area contributed by atoms with Gasteiger partial charge in [0.1, 0.15) is 0 Å². The molecule has 0 atom stereocenters. The van der Waals surface area contributed by atoms with Crippen molar-refractivity contribution >= 4 is 17.5 Å². The van der Waals surface area contributed by atoms with Crippen LogP contribution in [0, 0.1) is 0 Å². The molecule has 0 aromatic rings. The van der Waals surface area contributed by atoms with Crippen LogP contribution in [0.3, 0.4) is 0 Å². The van der Waals surface area contributed by atoms with Crippen molar-refractivity contribution in [3.63, 3.8) is 0 Å². The maximum Gasteiger partial charge on any atom is 0.243 e. The minimum Gasteiger partial charge on any atom is -0.286 e. The van der Waals surface area contributed by atoms with Gasteiger partial charge in [0.25, 0.3) is 0 Å². The van der Waals surface area contributed by atoms with Crippen molar-refractivity contribution in [2.75, 3.05) is 6.54 Å². The number of allylic oxidation sites excluding steroid dienone is 2. The van der Waals surface area contributed by atoms with Crippen LogP contribution in [0.5, 0.6) is 0 Å². The molecule has 0 fully saturated rings. The summed E-state index contributed by atoms with van der Waals surface area (Å²) < 4.78 is 0. The third kappa shape index (κ3) is 2.86. The molecule has 0 bridgehead atoms. The molecule has 0 saturated carbocycles. The van der Waals surface area contributed by atoms with Crippen LogP contribution in [0.1, 0.15) is 19.8 Å². The van der Waals surface area contributed by atoms with Gasteiger partial charge in [0, 0.05) is 12.0 Å². The molecule has 0 aliphatic heterocycles. The lowest BCUT2D eigenvalue weighted by molar-refractivity contribution is -0.160. The summed E-state index contributed by atoms with van der Waals surface area (Å²) in [6.07, 6.45) is 5.54. The summed E-state index contributed by atoms with van der Waals surface area (Å²) in [7, 11) is 0. The Balaban J connectivity index is 2.62. The quantitative estimate of drug-likeness (QED) is 0.549. The molecule has 4 heteroatoms. The number of carbonyl (C=O) groups excluding carboxylic acids is 1. The van der Waals surface area contributed by atoms with Crippen molar-refractivity contribution in [3.8, 4) is 0 Å². The van der Waals surface area contributed by atoms with Crippen LogP contribution in [-0.4, -0.2) is 22.7 Å². The monoisotopic (exact) mass is 201 g/mol. The van der Waals surface area contributed by atoms with E-state index >= 15 is 0 Å². The van der Waals surface area contributed by atoms with E-state index in [1.165, 1.54) is 6.92 Å². The molecule has 72 valence electrons. The topological polar surface area (TPSA) is 40.5 Å². The number of hydrogen-bond acceptors (Lipinski definition) is 2. The van der Waals surface area contributed by atoms with Gasteiger partial charge in [0.15, 0.2) is 0 Å². The molecular weight excluding hydrogens is 190 g/mol. The van der Waals surface area contributed by atoms with Crippen molar-refractivity contribution in [2.45, 2.75) is 19.8 Å². The SMILES string of the molecule is CC(=O)N(O)CC1=C(Cl)CCC=C1. The summed E-state index contributed by atoms with van der Waals surface area (Å²) in [6, 6.07) is 0. The lowest BCUT2D eigenvalue weighted by Gasteiger charge is -2.16. The summed E-state index contributed by atoms with van der Waals surface area (Å²) in [5, 5.41) is 10.5. The van der Waals surface area contributed by atoms with Crippen LogP contribution < -0.4 is 0 Å². The second-order valence-corrected chi connectivity index (χ2v) is 3.40. The van der Waals surface area contributed by atoms with Crippen molar-refractivity contribution in [2.24, 2.45) is 0 Å². The van der Waals surface area contributed by atoms with Crippen LogP contribution in [0.15, 0.2) is 22.8 Å². The third-order valence-electron chi connectivity index (χ3n) is 1.88. The molecule has 0 aromatic carbocycles. The lowest BCUT2D eigenvalue weighted by atomic mass is 10.1. The number of halogens is 1. The maximum atomic E-state index is 10.7. The van der Waals surface area contributed by atoms with Crippen LogP contribution in [0.25, 0.3) is 0 Å². The summed E-state index contributed by atoms with van der Waals surface area (Å²) in [4.78, 5) is 10.7. The zero-order valence-electron chi connectivity index (χ0n) is 7.46. The maximum absolute atomic E-state index is 10.7. The molecule has 0 saturated heterocycles. The lowest BCUT2D eigenvalue weighted by Crippen LogP contribution is -2.27.